The van der Waals surface area contributed by atoms with E-state index in [-0.39, 0.29) is 0 Å². The van der Waals surface area contributed by atoms with Crippen LogP contribution in [0.4, 0.5) is 8.78 Å². The molecule has 0 aromatic carbocycles. The second kappa shape index (κ2) is 2.18. The molecule has 0 saturated heterocycles. The Morgan fingerprint density at radius 1 is 1.30 bits per heavy atom. The van der Waals surface area contributed by atoms with Gasteiger partial charge in [-0.1, -0.05) is 20.8 Å². The molecule has 0 radical (unpaired) electrons. The average molecular weight is 151 g/mol. The summed E-state index contributed by atoms with van der Waals surface area (Å²) in [5.41, 5.74) is 3.08. The van der Waals surface area contributed by atoms with Crippen molar-refractivity contribution in [2.45, 2.75) is 26.7 Å². The van der Waals surface area contributed by atoms with E-state index in [4.69, 9.17) is 0 Å². The van der Waals surface area contributed by atoms with Gasteiger partial charge < -0.3 is 5.73 Å². The quantitative estimate of drug-likeness (QED) is 0.600. The Hall–Kier alpha value is -0.670. The van der Waals surface area contributed by atoms with E-state index in [9.17, 15) is 13.6 Å². The van der Waals surface area contributed by atoms with Gasteiger partial charge in [-0.15, -0.1) is 0 Å². The smallest absolute Gasteiger partial charge is 0.329 e. The molecule has 0 atom stereocenters. The van der Waals surface area contributed by atoms with Gasteiger partial charge >= 0.3 is 5.92 Å². The Balaban J connectivity index is 4.57. The van der Waals surface area contributed by atoms with Crippen molar-refractivity contribution in [3.05, 3.63) is 0 Å². The van der Waals surface area contributed by atoms with Crippen LogP contribution in [0.15, 0.2) is 0 Å². The van der Waals surface area contributed by atoms with Gasteiger partial charge in [-0.3, -0.25) is 4.79 Å². The summed E-state index contributed by atoms with van der Waals surface area (Å²) in [5, 5.41) is 0. The van der Waals surface area contributed by atoms with Crippen molar-refractivity contribution in [3.63, 3.8) is 0 Å². The van der Waals surface area contributed by atoms with Crippen LogP contribution in [0.1, 0.15) is 20.8 Å². The van der Waals surface area contributed by atoms with E-state index >= 15 is 0 Å². The van der Waals surface area contributed by atoms with Crippen LogP contribution in [-0.2, 0) is 4.79 Å². The average Bonchev–Trinajstić information content (AvgIpc) is 1.62. The number of hydrogen-bond donors (Lipinski definition) is 1. The lowest BCUT2D eigenvalue weighted by Gasteiger charge is -2.26. The van der Waals surface area contributed by atoms with E-state index in [0.29, 0.717) is 0 Å². The molecule has 0 bridgehead atoms. The molecule has 2 N–H and O–H groups in total. The molecule has 0 rings (SSSR count). The van der Waals surface area contributed by atoms with Crippen LogP contribution in [0.2, 0.25) is 0 Å². The zero-order valence-corrected chi connectivity index (χ0v) is 6.24. The summed E-state index contributed by atoms with van der Waals surface area (Å²) in [6.07, 6.45) is 0. The zero-order chi connectivity index (χ0) is 8.58. The van der Waals surface area contributed by atoms with E-state index in [1.807, 2.05) is 0 Å². The van der Waals surface area contributed by atoms with E-state index < -0.39 is 17.2 Å². The summed E-state index contributed by atoms with van der Waals surface area (Å²) < 4.78 is 25.2. The lowest BCUT2D eigenvalue weighted by Crippen LogP contribution is -2.46. The zero-order valence-electron chi connectivity index (χ0n) is 6.24. The second-order valence-corrected chi connectivity index (χ2v) is 3.19. The first kappa shape index (κ1) is 9.33. The standard InChI is InChI=1S/C6H11F2NO/c1-5(2,3)6(7,8)4(9)10/h1-3H3,(H2,9,10). The maximum atomic E-state index is 12.6. The number of rotatable bonds is 1. The fourth-order valence-electron chi connectivity index (χ4n) is 0.370. The summed E-state index contributed by atoms with van der Waals surface area (Å²) >= 11 is 0. The third-order valence-electron chi connectivity index (χ3n) is 1.25. The van der Waals surface area contributed by atoms with Crippen LogP contribution in [0, 0.1) is 5.41 Å². The minimum atomic E-state index is -3.42. The molecule has 0 fully saturated rings. The van der Waals surface area contributed by atoms with Crippen molar-refractivity contribution in [2.24, 2.45) is 11.1 Å². The number of halogens is 2. The number of primary amides is 1. The Kier molecular flexibility index (Phi) is 2.03. The fourth-order valence-corrected chi connectivity index (χ4v) is 0.370. The van der Waals surface area contributed by atoms with Crippen molar-refractivity contribution in [1.82, 2.24) is 0 Å². The molecule has 0 aliphatic carbocycles. The van der Waals surface area contributed by atoms with Gasteiger partial charge in [0, 0.05) is 5.41 Å². The second-order valence-electron chi connectivity index (χ2n) is 3.19. The lowest BCUT2D eigenvalue weighted by atomic mass is 9.88. The van der Waals surface area contributed by atoms with Gasteiger partial charge in [0.25, 0.3) is 5.91 Å². The summed E-state index contributed by atoms with van der Waals surface area (Å²) in [7, 11) is 0. The molecule has 4 heteroatoms. The number of carbonyl (C=O) groups excluding carboxylic acids is 1. The molecular weight excluding hydrogens is 140 g/mol. The highest BCUT2D eigenvalue weighted by atomic mass is 19.3. The predicted octanol–water partition coefficient (Wildman–Crippen LogP) is 1.15. The monoisotopic (exact) mass is 151 g/mol. The molecule has 60 valence electrons. The van der Waals surface area contributed by atoms with Crippen molar-refractivity contribution in [1.29, 1.82) is 0 Å². The van der Waals surface area contributed by atoms with Crippen LogP contribution in [0.5, 0.6) is 0 Å². The minimum Gasteiger partial charge on any atom is -0.364 e. The molecule has 1 amide bonds. The van der Waals surface area contributed by atoms with Gasteiger partial charge in [0.15, 0.2) is 0 Å². The number of nitrogens with two attached hydrogens (primary N) is 1. The Morgan fingerprint density at radius 3 is 1.60 bits per heavy atom. The van der Waals surface area contributed by atoms with Gasteiger partial charge in [0.05, 0.1) is 0 Å². The highest BCUT2D eigenvalue weighted by Gasteiger charge is 2.48. The van der Waals surface area contributed by atoms with E-state index in [1.165, 1.54) is 20.8 Å². The van der Waals surface area contributed by atoms with Crippen LogP contribution >= 0.6 is 0 Å². The fraction of sp³-hybridized carbons (Fsp3) is 0.833. The summed E-state index contributed by atoms with van der Waals surface area (Å²) in [5.74, 6) is -4.99. The number of alkyl halides is 2. The molecule has 0 aromatic heterocycles. The first-order valence-electron chi connectivity index (χ1n) is 2.87. The third kappa shape index (κ3) is 1.43. The summed E-state index contributed by atoms with van der Waals surface area (Å²) in [4.78, 5) is 10.1. The third-order valence-corrected chi connectivity index (χ3v) is 1.25. The van der Waals surface area contributed by atoms with Crippen LogP contribution in [0.3, 0.4) is 0 Å². The van der Waals surface area contributed by atoms with Crippen molar-refractivity contribution >= 4 is 5.91 Å². The summed E-state index contributed by atoms with van der Waals surface area (Å²) in [6, 6.07) is 0. The predicted molar refractivity (Wildman–Crippen MR) is 33.6 cm³/mol. The van der Waals surface area contributed by atoms with E-state index in [2.05, 4.69) is 5.73 Å². The number of amides is 1. The molecule has 0 aliphatic heterocycles. The lowest BCUT2D eigenvalue weighted by molar-refractivity contribution is -0.158. The number of hydrogen-bond acceptors (Lipinski definition) is 1. The van der Waals surface area contributed by atoms with Gasteiger partial charge in [-0.25, -0.2) is 0 Å². The van der Waals surface area contributed by atoms with E-state index in [1.54, 1.807) is 0 Å². The number of carbonyl (C=O) groups is 1. The SMILES string of the molecule is CC(C)(C)C(F)(F)C(N)=O. The van der Waals surface area contributed by atoms with Gasteiger partial charge in [-0.2, -0.15) is 8.78 Å². The van der Waals surface area contributed by atoms with Crippen LogP contribution in [-0.4, -0.2) is 11.8 Å². The van der Waals surface area contributed by atoms with Crippen LogP contribution in [0.25, 0.3) is 0 Å². The van der Waals surface area contributed by atoms with Crippen LogP contribution < -0.4 is 5.73 Å². The molecular formula is C6H11F2NO. The van der Waals surface area contributed by atoms with Crippen molar-refractivity contribution in [2.75, 3.05) is 0 Å². The topological polar surface area (TPSA) is 43.1 Å². The van der Waals surface area contributed by atoms with Crippen molar-refractivity contribution in [3.8, 4) is 0 Å². The molecule has 0 saturated carbocycles. The molecule has 0 unspecified atom stereocenters. The first-order chi connectivity index (χ1) is 4.19. The molecule has 2 nitrogen and oxygen atoms in total. The Bertz CT molecular complexity index is 148. The molecule has 0 spiro atoms. The highest BCUT2D eigenvalue weighted by molar-refractivity contribution is 5.82. The van der Waals surface area contributed by atoms with Gasteiger partial charge in [0.2, 0.25) is 0 Å². The Morgan fingerprint density at radius 2 is 1.60 bits per heavy atom. The molecule has 0 heterocycles. The Labute approximate surface area is 58.4 Å². The maximum absolute atomic E-state index is 12.6. The highest BCUT2D eigenvalue weighted by Crippen LogP contribution is 2.34. The molecule has 10 heavy (non-hydrogen) atoms. The molecule has 0 aromatic rings. The largest absolute Gasteiger partial charge is 0.364 e. The van der Waals surface area contributed by atoms with Crippen molar-refractivity contribution < 1.29 is 13.6 Å². The van der Waals surface area contributed by atoms with Gasteiger partial charge in [-0.05, 0) is 0 Å². The molecule has 0 aliphatic rings. The summed E-state index contributed by atoms with van der Waals surface area (Å²) in [6.45, 7) is 3.78. The van der Waals surface area contributed by atoms with Gasteiger partial charge in [0.1, 0.15) is 0 Å². The first-order valence-corrected chi connectivity index (χ1v) is 2.87. The maximum Gasteiger partial charge on any atom is 0.329 e. The minimum absolute atomic E-state index is 1.26. The van der Waals surface area contributed by atoms with E-state index in [0.717, 1.165) is 0 Å². The normalized spacial score (nSPS) is 13.3.